The Labute approximate surface area is 136 Å². The van der Waals surface area contributed by atoms with Gasteiger partial charge in [0, 0.05) is 18.1 Å². The zero-order valence-corrected chi connectivity index (χ0v) is 13.6. The highest BCUT2D eigenvalue weighted by molar-refractivity contribution is 7.89. The summed E-state index contributed by atoms with van der Waals surface area (Å²) in [5.41, 5.74) is -1.36. The molecule has 1 aliphatic rings. The normalized spacial score (nSPS) is 15.7. The van der Waals surface area contributed by atoms with Crippen molar-refractivity contribution in [2.45, 2.75) is 30.0 Å². The first-order chi connectivity index (χ1) is 10.5. The molecule has 1 fully saturated rings. The third kappa shape index (κ3) is 4.36. The molecule has 23 heavy (non-hydrogen) atoms. The minimum Gasteiger partial charge on any atom is -0.352 e. The quantitative estimate of drug-likeness (QED) is 0.864. The van der Waals surface area contributed by atoms with E-state index >= 15 is 0 Å². The maximum atomic E-state index is 13.0. The monoisotopic (exact) mass is 370 g/mol. The largest absolute Gasteiger partial charge is 0.417 e. The lowest BCUT2D eigenvalue weighted by Crippen LogP contribution is -2.39. The van der Waals surface area contributed by atoms with Gasteiger partial charge in [-0.05, 0) is 31.0 Å². The molecule has 0 saturated heterocycles. The van der Waals surface area contributed by atoms with E-state index in [1.54, 1.807) is 0 Å². The molecule has 2 rings (SSSR count). The van der Waals surface area contributed by atoms with Crippen LogP contribution in [-0.2, 0) is 21.0 Å². The standard InChI is InChI=1S/C13H14ClF3N2O3S/c1-19(7-12(20)18-9-3-4-9)23(21,22)11-5-2-8(14)6-10(11)13(15,16)17/h2,5-6,9H,3-4,7H2,1H3,(H,18,20). The smallest absolute Gasteiger partial charge is 0.352 e. The molecular formula is C13H14ClF3N2O3S. The highest BCUT2D eigenvalue weighted by Crippen LogP contribution is 2.36. The second-order valence-electron chi connectivity index (χ2n) is 5.24. The first-order valence-electron chi connectivity index (χ1n) is 6.64. The van der Waals surface area contributed by atoms with Crippen molar-refractivity contribution in [3.8, 4) is 0 Å². The number of nitrogens with one attached hydrogen (secondary N) is 1. The highest BCUT2D eigenvalue weighted by Gasteiger charge is 2.39. The molecule has 1 aromatic rings. The van der Waals surface area contributed by atoms with Crippen molar-refractivity contribution < 1.29 is 26.4 Å². The molecule has 0 radical (unpaired) electrons. The van der Waals surface area contributed by atoms with Gasteiger partial charge in [0.15, 0.2) is 0 Å². The van der Waals surface area contributed by atoms with Crippen LogP contribution in [0.1, 0.15) is 18.4 Å². The number of likely N-dealkylation sites (N-methyl/N-ethyl adjacent to an activating group) is 1. The van der Waals surface area contributed by atoms with Crippen molar-refractivity contribution in [2.75, 3.05) is 13.6 Å². The highest BCUT2D eigenvalue weighted by atomic mass is 35.5. The Balaban J connectivity index is 2.29. The Bertz CT molecular complexity index is 718. The van der Waals surface area contributed by atoms with E-state index < -0.39 is 39.1 Å². The van der Waals surface area contributed by atoms with E-state index in [-0.39, 0.29) is 11.1 Å². The topological polar surface area (TPSA) is 66.5 Å². The number of carbonyl (C=O) groups is 1. The molecule has 1 N–H and O–H groups in total. The fourth-order valence-corrected chi connectivity index (χ4v) is 3.39. The molecule has 10 heteroatoms. The number of nitrogens with zero attached hydrogens (tertiary/aromatic N) is 1. The number of amides is 1. The minimum atomic E-state index is -4.88. The van der Waals surface area contributed by atoms with Gasteiger partial charge in [-0.1, -0.05) is 11.6 Å². The number of alkyl halides is 3. The van der Waals surface area contributed by atoms with E-state index in [4.69, 9.17) is 11.6 Å². The summed E-state index contributed by atoms with van der Waals surface area (Å²) in [7, 11) is -3.43. The third-order valence-electron chi connectivity index (χ3n) is 3.24. The van der Waals surface area contributed by atoms with E-state index in [1.165, 1.54) is 0 Å². The number of hydrogen-bond donors (Lipinski definition) is 1. The number of sulfonamides is 1. The molecule has 1 aliphatic carbocycles. The molecule has 0 spiro atoms. The van der Waals surface area contributed by atoms with Crippen molar-refractivity contribution in [3.05, 3.63) is 28.8 Å². The van der Waals surface area contributed by atoms with Gasteiger partial charge in [0.2, 0.25) is 15.9 Å². The Morgan fingerprint density at radius 1 is 1.39 bits per heavy atom. The molecule has 5 nitrogen and oxygen atoms in total. The number of hydrogen-bond acceptors (Lipinski definition) is 3. The number of rotatable bonds is 5. The predicted molar refractivity (Wildman–Crippen MR) is 77.4 cm³/mol. The molecular weight excluding hydrogens is 357 g/mol. The molecule has 128 valence electrons. The summed E-state index contributed by atoms with van der Waals surface area (Å²) in [6.07, 6.45) is -3.25. The van der Waals surface area contributed by atoms with Gasteiger partial charge in [-0.15, -0.1) is 0 Å². The van der Waals surface area contributed by atoms with Gasteiger partial charge in [0.1, 0.15) is 0 Å². The van der Waals surface area contributed by atoms with Gasteiger partial charge in [-0.2, -0.15) is 17.5 Å². The predicted octanol–water partition coefficient (Wildman–Crippen LogP) is 2.26. The second-order valence-corrected chi connectivity index (χ2v) is 7.69. The van der Waals surface area contributed by atoms with Gasteiger partial charge in [-0.3, -0.25) is 4.79 Å². The van der Waals surface area contributed by atoms with Crippen LogP contribution in [0.5, 0.6) is 0 Å². The van der Waals surface area contributed by atoms with Crippen molar-refractivity contribution in [1.29, 1.82) is 0 Å². The molecule has 0 bridgehead atoms. The average Bonchev–Trinajstić information content (AvgIpc) is 3.20. The van der Waals surface area contributed by atoms with Gasteiger partial charge in [0.05, 0.1) is 17.0 Å². The maximum absolute atomic E-state index is 13.0. The molecule has 0 atom stereocenters. The van der Waals surface area contributed by atoms with E-state index in [1.807, 2.05) is 0 Å². The zero-order valence-electron chi connectivity index (χ0n) is 12.0. The van der Waals surface area contributed by atoms with Crippen LogP contribution in [0.2, 0.25) is 5.02 Å². The van der Waals surface area contributed by atoms with Crippen LogP contribution in [0, 0.1) is 0 Å². The summed E-state index contributed by atoms with van der Waals surface area (Å²) in [6.45, 7) is -0.557. The number of halogens is 4. The van der Waals surface area contributed by atoms with Crippen LogP contribution in [0.4, 0.5) is 13.2 Å². The van der Waals surface area contributed by atoms with Crippen LogP contribution in [0.15, 0.2) is 23.1 Å². The van der Waals surface area contributed by atoms with E-state index in [2.05, 4.69) is 5.32 Å². The molecule has 1 amide bonds. The zero-order chi connectivity index (χ0) is 17.4. The SMILES string of the molecule is CN(CC(=O)NC1CC1)S(=O)(=O)c1ccc(Cl)cc1C(F)(F)F. The van der Waals surface area contributed by atoms with Crippen molar-refractivity contribution in [1.82, 2.24) is 9.62 Å². The van der Waals surface area contributed by atoms with Crippen LogP contribution in [0.25, 0.3) is 0 Å². The Morgan fingerprint density at radius 2 is 2.00 bits per heavy atom. The Hall–Kier alpha value is -1.32. The number of carbonyl (C=O) groups excluding carboxylic acids is 1. The molecule has 0 unspecified atom stereocenters. The van der Waals surface area contributed by atoms with Crippen molar-refractivity contribution in [2.24, 2.45) is 0 Å². The molecule has 1 saturated carbocycles. The summed E-state index contributed by atoms with van der Waals surface area (Å²) in [5, 5.41) is 2.34. The molecule has 0 aliphatic heterocycles. The lowest BCUT2D eigenvalue weighted by molar-refractivity contribution is -0.139. The van der Waals surface area contributed by atoms with Crippen LogP contribution in [0.3, 0.4) is 0 Å². The molecule has 1 aromatic carbocycles. The molecule has 0 heterocycles. The fraction of sp³-hybridized carbons (Fsp3) is 0.462. The van der Waals surface area contributed by atoms with E-state index in [9.17, 15) is 26.4 Å². The summed E-state index contributed by atoms with van der Waals surface area (Å²) in [5.74, 6) is -0.555. The lowest BCUT2D eigenvalue weighted by atomic mass is 10.2. The van der Waals surface area contributed by atoms with Gasteiger partial charge >= 0.3 is 6.18 Å². The Morgan fingerprint density at radius 3 is 2.52 bits per heavy atom. The maximum Gasteiger partial charge on any atom is 0.417 e. The summed E-state index contributed by atoms with van der Waals surface area (Å²) in [6, 6.07) is 2.42. The molecule has 0 aromatic heterocycles. The van der Waals surface area contributed by atoms with Crippen molar-refractivity contribution >= 4 is 27.5 Å². The lowest BCUT2D eigenvalue weighted by Gasteiger charge is -2.20. The Kier molecular flexibility index (Phi) is 4.93. The van der Waals surface area contributed by atoms with Gasteiger partial charge in [-0.25, -0.2) is 8.42 Å². The first-order valence-corrected chi connectivity index (χ1v) is 8.46. The minimum absolute atomic E-state index is 0.0277. The third-order valence-corrected chi connectivity index (χ3v) is 5.34. The number of benzene rings is 1. The summed E-state index contributed by atoms with van der Waals surface area (Å²) < 4.78 is 64.4. The second kappa shape index (κ2) is 6.29. The van der Waals surface area contributed by atoms with Gasteiger partial charge in [0.25, 0.3) is 0 Å². The van der Waals surface area contributed by atoms with Crippen molar-refractivity contribution in [3.63, 3.8) is 0 Å². The van der Waals surface area contributed by atoms with E-state index in [0.717, 1.165) is 32.0 Å². The van der Waals surface area contributed by atoms with Crippen LogP contribution in [-0.4, -0.2) is 38.3 Å². The van der Waals surface area contributed by atoms with Gasteiger partial charge < -0.3 is 5.32 Å². The fourth-order valence-electron chi connectivity index (χ4n) is 1.90. The van der Waals surface area contributed by atoms with Crippen LogP contribution >= 0.6 is 11.6 Å². The first kappa shape index (κ1) is 18.0. The summed E-state index contributed by atoms with van der Waals surface area (Å²) >= 11 is 5.53. The van der Waals surface area contributed by atoms with Crippen LogP contribution < -0.4 is 5.32 Å². The van der Waals surface area contributed by atoms with E-state index in [0.29, 0.717) is 10.4 Å². The summed E-state index contributed by atoms with van der Waals surface area (Å²) in [4.78, 5) is 10.7. The average molecular weight is 371 g/mol.